The summed E-state index contributed by atoms with van der Waals surface area (Å²) in [6, 6.07) is 13.6. The largest absolute Gasteiger partial charge is 0.444 e. The molecule has 6 nitrogen and oxygen atoms in total. The lowest BCUT2D eigenvalue weighted by Gasteiger charge is -2.23. The lowest BCUT2D eigenvalue weighted by Crippen LogP contribution is -2.45. The summed E-state index contributed by atoms with van der Waals surface area (Å²) in [6.07, 6.45) is 2.14. The Labute approximate surface area is 193 Å². The molecule has 7 heteroatoms. The van der Waals surface area contributed by atoms with Crippen LogP contribution < -0.4 is 10.6 Å². The molecule has 3 aromatic rings. The third-order valence-corrected chi connectivity index (χ3v) is 5.20. The van der Waals surface area contributed by atoms with Gasteiger partial charge in [-0.3, -0.25) is 4.79 Å². The van der Waals surface area contributed by atoms with E-state index in [0.29, 0.717) is 5.69 Å². The Balaban J connectivity index is 1.71. The second-order valence-corrected chi connectivity index (χ2v) is 9.15. The number of halogens is 1. The number of aromatic amines is 1. The van der Waals surface area contributed by atoms with Crippen LogP contribution in [-0.4, -0.2) is 35.2 Å². The molecule has 3 N–H and O–H groups in total. The molecule has 0 saturated heterocycles. The summed E-state index contributed by atoms with van der Waals surface area (Å²) < 4.78 is 18.7. The predicted octanol–water partition coefficient (Wildman–Crippen LogP) is 5.79. The van der Waals surface area contributed by atoms with Gasteiger partial charge >= 0.3 is 6.09 Å². The summed E-state index contributed by atoms with van der Waals surface area (Å²) in [5, 5.41) is 6.65. The van der Waals surface area contributed by atoms with Gasteiger partial charge in [0.05, 0.1) is 0 Å². The summed E-state index contributed by atoms with van der Waals surface area (Å²) in [7, 11) is 0. The van der Waals surface area contributed by atoms with Crippen LogP contribution in [0.5, 0.6) is 0 Å². The van der Waals surface area contributed by atoms with E-state index in [4.69, 9.17) is 4.74 Å². The van der Waals surface area contributed by atoms with Crippen LogP contribution in [-0.2, 0) is 4.74 Å². The van der Waals surface area contributed by atoms with Crippen molar-refractivity contribution < 1.29 is 18.7 Å². The van der Waals surface area contributed by atoms with Gasteiger partial charge in [0.15, 0.2) is 0 Å². The fourth-order valence-electron chi connectivity index (χ4n) is 3.62. The molecule has 0 bridgehead atoms. The zero-order valence-electron chi connectivity index (χ0n) is 19.6. The first-order chi connectivity index (χ1) is 15.7. The van der Waals surface area contributed by atoms with Crippen molar-refractivity contribution in [3.8, 4) is 11.1 Å². The Bertz CT molecular complexity index is 1100. The number of carbonyl (C=O) groups excluding carboxylic acids is 2. The van der Waals surface area contributed by atoms with Gasteiger partial charge in [-0.05, 0) is 62.6 Å². The van der Waals surface area contributed by atoms with Crippen molar-refractivity contribution in [1.29, 1.82) is 0 Å². The average molecular weight is 454 g/mol. The van der Waals surface area contributed by atoms with Crippen LogP contribution in [0.25, 0.3) is 22.0 Å². The number of H-pyrrole nitrogens is 1. The Morgan fingerprint density at radius 3 is 2.52 bits per heavy atom. The second kappa shape index (κ2) is 10.5. The van der Waals surface area contributed by atoms with Crippen LogP contribution in [0.3, 0.4) is 0 Å². The number of ether oxygens (including phenoxy) is 1. The van der Waals surface area contributed by atoms with Gasteiger partial charge in [0.25, 0.3) is 5.91 Å². The van der Waals surface area contributed by atoms with Gasteiger partial charge in [-0.1, -0.05) is 44.0 Å². The number of nitrogens with one attached hydrogen (secondary N) is 3. The minimum Gasteiger partial charge on any atom is -0.444 e. The Hall–Kier alpha value is -3.35. The molecule has 0 spiro atoms. The third-order valence-electron chi connectivity index (χ3n) is 5.20. The lowest BCUT2D eigenvalue weighted by molar-refractivity contribution is 0.0498. The third kappa shape index (κ3) is 6.81. The Morgan fingerprint density at radius 1 is 1.12 bits per heavy atom. The maximum atomic E-state index is 13.3. The number of fused-ring (bicyclic) bond motifs is 1. The van der Waals surface area contributed by atoms with E-state index in [9.17, 15) is 14.0 Å². The summed E-state index contributed by atoms with van der Waals surface area (Å²) in [4.78, 5) is 28.2. The number of hydrogen-bond acceptors (Lipinski definition) is 3. The first-order valence-electron chi connectivity index (χ1n) is 11.3. The number of amides is 2. The number of rotatable bonds is 8. The lowest BCUT2D eigenvalue weighted by atomic mass is 10.0. The molecule has 1 aromatic heterocycles. The second-order valence-electron chi connectivity index (χ2n) is 9.15. The molecule has 1 heterocycles. The summed E-state index contributed by atoms with van der Waals surface area (Å²) in [5.41, 5.74) is 2.43. The smallest absolute Gasteiger partial charge is 0.407 e. The van der Waals surface area contributed by atoms with Crippen LogP contribution in [0.2, 0.25) is 0 Å². The molecule has 0 aliphatic heterocycles. The standard InChI is InChI=1S/C26H32FN3O3/c1-5-6-8-19(29-25(32)33-26(2,3)4)16-28-24(31)23-15-21-20(9-7-10-22(21)30-23)17-11-13-18(27)14-12-17/h7,9-15,19,30H,5-6,8,16H2,1-4H3,(H,28,31)(H,29,32)/t19-/m0/s1. The number of unbranched alkanes of at least 4 members (excludes halogenated alkanes) is 1. The van der Waals surface area contributed by atoms with Crippen LogP contribution in [0.15, 0.2) is 48.5 Å². The van der Waals surface area contributed by atoms with E-state index in [1.54, 1.807) is 18.2 Å². The molecule has 2 aromatic carbocycles. The Kier molecular flexibility index (Phi) is 7.74. The maximum absolute atomic E-state index is 13.3. The monoisotopic (exact) mass is 453 g/mol. The molecule has 0 aliphatic carbocycles. The van der Waals surface area contributed by atoms with Gasteiger partial charge < -0.3 is 20.4 Å². The topological polar surface area (TPSA) is 83.2 Å². The van der Waals surface area contributed by atoms with Crippen molar-refractivity contribution in [1.82, 2.24) is 15.6 Å². The summed E-state index contributed by atoms with van der Waals surface area (Å²) >= 11 is 0. The van der Waals surface area contributed by atoms with Crippen molar-refractivity contribution in [3.63, 3.8) is 0 Å². The first-order valence-corrected chi connectivity index (χ1v) is 11.3. The first kappa shape index (κ1) is 24.3. The van der Waals surface area contributed by atoms with E-state index in [0.717, 1.165) is 41.3 Å². The van der Waals surface area contributed by atoms with Gasteiger partial charge in [-0.25, -0.2) is 9.18 Å². The highest BCUT2D eigenvalue weighted by Crippen LogP contribution is 2.29. The SMILES string of the molecule is CCCC[C@@H](CNC(=O)c1cc2c(-c3ccc(F)cc3)cccc2[nH]1)NC(=O)OC(C)(C)C. The van der Waals surface area contributed by atoms with Gasteiger partial charge in [0.1, 0.15) is 17.1 Å². The highest BCUT2D eigenvalue weighted by molar-refractivity contribution is 6.02. The van der Waals surface area contributed by atoms with E-state index >= 15 is 0 Å². The minimum absolute atomic E-state index is 0.233. The minimum atomic E-state index is -0.588. The molecule has 0 aliphatic rings. The van der Waals surface area contributed by atoms with Crippen molar-refractivity contribution in [3.05, 3.63) is 60.0 Å². The molecule has 3 rings (SSSR count). The summed E-state index contributed by atoms with van der Waals surface area (Å²) in [5.74, 6) is -0.554. The van der Waals surface area contributed by atoms with E-state index in [-0.39, 0.29) is 24.3 Å². The molecule has 2 amide bonds. The maximum Gasteiger partial charge on any atom is 0.407 e. The highest BCUT2D eigenvalue weighted by Gasteiger charge is 2.20. The fraction of sp³-hybridized carbons (Fsp3) is 0.385. The van der Waals surface area contributed by atoms with Crippen LogP contribution in [0, 0.1) is 5.82 Å². The molecule has 33 heavy (non-hydrogen) atoms. The van der Waals surface area contributed by atoms with Gasteiger partial charge in [0, 0.05) is 23.5 Å². The molecular weight excluding hydrogens is 421 g/mol. The number of alkyl carbamates (subject to hydrolysis) is 1. The molecule has 0 fully saturated rings. The molecule has 0 saturated carbocycles. The van der Waals surface area contributed by atoms with Crippen molar-refractivity contribution in [2.75, 3.05) is 6.54 Å². The fourth-order valence-corrected chi connectivity index (χ4v) is 3.62. The molecule has 0 radical (unpaired) electrons. The number of carbonyl (C=O) groups is 2. The van der Waals surface area contributed by atoms with E-state index < -0.39 is 11.7 Å². The molecular formula is C26H32FN3O3. The normalized spacial score (nSPS) is 12.4. The van der Waals surface area contributed by atoms with Crippen molar-refractivity contribution in [2.24, 2.45) is 0 Å². The van der Waals surface area contributed by atoms with E-state index in [2.05, 4.69) is 22.5 Å². The zero-order valence-corrected chi connectivity index (χ0v) is 19.6. The van der Waals surface area contributed by atoms with Crippen molar-refractivity contribution in [2.45, 2.75) is 58.6 Å². The van der Waals surface area contributed by atoms with E-state index in [1.165, 1.54) is 12.1 Å². The van der Waals surface area contributed by atoms with Crippen molar-refractivity contribution >= 4 is 22.9 Å². The van der Waals surface area contributed by atoms with Crippen LogP contribution >= 0.6 is 0 Å². The van der Waals surface area contributed by atoms with E-state index in [1.807, 2.05) is 39.0 Å². The number of aromatic nitrogens is 1. The molecule has 1 atom stereocenters. The quantitative estimate of drug-likeness (QED) is 0.404. The van der Waals surface area contributed by atoms with Crippen LogP contribution in [0.1, 0.15) is 57.4 Å². The number of benzene rings is 2. The zero-order chi connectivity index (χ0) is 24.0. The van der Waals surface area contributed by atoms with Gasteiger partial charge in [0.2, 0.25) is 0 Å². The average Bonchev–Trinajstić information content (AvgIpc) is 3.19. The van der Waals surface area contributed by atoms with Gasteiger partial charge in [-0.15, -0.1) is 0 Å². The van der Waals surface area contributed by atoms with Crippen LogP contribution in [0.4, 0.5) is 9.18 Å². The predicted molar refractivity (Wildman–Crippen MR) is 129 cm³/mol. The highest BCUT2D eigenvalue weighted by atomic mass is 19.1. The number of hydrogen-bond donors (Lipinski definition) is 3. The van der Waals surface area contributed by atoms with Gasteiger partial charge in [-0.2, -0.15) is 0 Å². The Morgan fingerprint density at radius 2 is 1.85 bits per heavy atom. The molecule has 0 unspecified atom stereocenters. The summed E-state index contributed by atoms with van der Waals surface area (Å²) in [6.45, 7) is 7.80. The molecule has 176 valence electrons.